The van der Waals surface area contributed by atoms with Crippen LogP contribution < -0.4 is 10.5 Å². The van der Waals surface area contributed by atoms with E-state index in [0.29, 0.717) is 5.56 Å². The molecule has 0 bridgehead atoms. The molecule has 4 nitrogen and oxygen atoms in total. The van der Waals surface area contributed by atoms with Crippen LogP contribution in [0.5, 0.6) is 0 Å². The van der Waals surface area contributed by atoms with Crippen molar-refractivity contribution in [2.75, 3.05) is 0 Å². The quantitative estimate of drug-likeness (QED) is 0.790. The van der Waals surface area contributed by atoms with Gasteiger partial charge in [-0.1, -0.05) is 37.7 Å². The van der Waals surface area contributed by atoms with Crippen molar-refractivity contribution in [1.82, 2.24) is 4.72 Å². The summed E-state index contributed by atoms with van der Waals surface area (Å²) in [6.45, 7) is 5.75. The summed E-state index contributed by atoms with van der Waals surface area (Å²) in [5.41, 5.74) is 5.59. The van der Waals surface area contributed by atoms with Crippen LogP contribution >= 0.6 is 12.2 Å². The van der Waals surface area contributed by atoms with Gasteiger partial charge in [0.15, 0.2) is 0 Å². The van der Waals surface area contributed by atoms with Gasteiger partial charge in [-0.2, -0.15) is 0 Å². The molecule has 1 aromatic carbocycles. The van der Waals surface area contributed by atoms with Gasteiger partial charge in [-0.3, -0.25) is 0 Å². The molecule has 0 aliphatic rings. The Morgan fingerprint density at radius 1 is 1.42 bits per heavy atom. The van der Waals surface area contributed by atoms with Crippen LogP contribution in [0.4, 0.5) is 0 Å². The van der Waals surface area contributed by atoms with E-state index in [1.807, 2.05) is 20.8 Å². The smallest absolute Gasteiger partial charge is 0.241 e. The Hall–Kier alpha value is -0.980. The van der Waals surface area contributed by atoms with E-state index in [9.17, 15) is 8.42 Å². The highest BCUT2D eigenvalue weighted by Crippen LogP contribution is 2.18. The second-order valence-corrected chi connectivity index (χ2v) is 7.25. The van der Waals surface area contributed by atoms with Crippen molar-refractivity contribution in [3.05, 3.63) is 29.8 Å². The number of nitrogens with one attached hydrogen (secondary N) is 1. The van der Waals surface area contributed by atoms with Gasteiger partial charge >= 0.3 is 0 Å². The van der Waals surface area contributed by atoms with E-state index < -0.39 is 15.6 Å². The summed E-state index contributed by atoms with van der Waals surface area (Å²) in [4.78, 5) is 0.367. The molecular weight excluding hydrogens is 280 g/mol. The first-order valence-electron chi connectivity index (χ1n) is 6.12. The van der Waals surface area contributed by atoms with Crippen LogP contribution in [0.1, 0.15) is 39.2 Å². The molecule has 1 aromatic rings. The normalized spacial score (nSPS) is 12.4. The molecular formula is C13H20N2O2S2. The summed E-state index contributed by atoms with van der Waals surface area (Å²) in [5.74, 6) is 0. The highest BCUT2D eigenvalue weighted by molar-refractivity contribution is 7.89. The van der Waals surface area contributed by atoms with Crippen molar-refractivity contribution >= 4 is 27.2 Å². The number of thiocarbonyl (C=S) groups is 1. The van der Waals surface area contributed by atoms with Crippen LogP contribution in [0.25, 0.3) is 0 Å². The van der Waals surface area contributed by atoms with Gasteiger partial charge in [0.1, 0.15) is 4.99 Å². The third-order valence-electron chi connectivity index (χ3n) is 2.71. The fourth-order valence-electron chi connectivity index (χ4n) is 1.92. The summed E-state index contributed by atoms with van der Waals surface area (Å²) in [5, 5.41) is 0. The van der Waals surface area contributed by atoms with E-state index in [4.69, 9.17) is 18.0 Å². The lowest BCUT2D eigenvalue weighted by molar-refractivity contribution is 0.418. The molecule has 0 aromatic heterocycles. The Kier molecular flexibility index (Phi) is 5.06. The predicted octanol–water partition coefficient (Wildman–Crippen LogP) is 2.18. The molecule has 3 N–H and O–H groups in total. The first-order valence-corrected chi connectivity index (χ1v) is 8.01. The average molecular weight is 300 g/mol. The lowest BCUT2D eigenvalue weighted by atomic mass is 10.0. The zero-order chi connectivity index (χ0) is 14.7. The largest absolute Gasteiger partial charge is 0.389 e. The zero-order valence-corrected chi connectivity index (χ0v) is 13.1. The maximum atomic E-state index is 12.3. The molecule has 106 valence electrons. The van der Waals surface area contributed by atoms with E-state index in [1.165, 1.54) is 12.1 Å². The monoisotopic (exact) mass is 300 g/mol. The average Bonchev–Trinajstić information content (AvgIpc) is 2.27. The van der Waals surface area contributed by atoms with E-state index in [-0.39, 0.29) is 9.88 Å². The number of sulfonamides is 1. The van der Waals surface area contributed by atoms with Gasteiger partial charge in [-0.15, -0.1) is 0 Å². The Morgan fingerprint density at radius 3 is 2.58 bits per heavy atom. The number of hydrogen-bond donors (Lipinski definition) is 2. The van der Waals surface area contributed by atoms with Gasteiger partial charge in [0, 0.05) is 11.1 Å². The molecule has 0 spiro atoms. The van der Waals surface area contributed by atoms with Crippen LogP contribution in [-0.4, -0.2) is 18.9 Å². The summed E-state index contributed by atoms with van der Waals surface area (Å²) < 4.78 is 27.3. The van der Waals surface area contributed by atoms with Crippen LogP contribution in [0.3, 0.4) is 0 Å². The summed E-state index contributed by atoms with van der Waals surface area (Å²) in [6.07, 6.45) is 1.67. The van der Waals surface area contributed by atoms with Gasteiger partial charge in [-0.25, -0.2) is 13.1 Å². The summed E-state index contributed by atoms with van der Waals surface area (Å²) in [6, 6.07) is 6.35. The lowest BCUT2D eigenvalue weighted by Crippen LogP contribution is -2.43. The second-order valence-electron chi connectivity index (χ2n) is 5.13. The first kappa shape index (κ1) is 16.1. The summed E-state index contributed by atoms with van der Waals surface area (Å²) in [7, 11) is -3.56. The Labute approximate surface area is 120 Å². The van der Waals surface area contributed by atoms with Gasteiger partial charge in [0.2, 0.25) is 10.0 Å². The molecule has 0 radical (unpaired) electrons. The Balaban J connectivity index is 3.07. The number of hydrogen-bond acceptors (Lipinski definition) is 3. The number of nitrogens with two attached hydrogens (primary N) is 1. The van der Waals surface area contributed by atoms with Crippen molar-refractivity contribution in [1.29, 1.82) is 0 Å². The highest BCUT2D eigenvalue weighted by Gasteiger charge is 2.25. The van der Waals surface area contributed by atoms with Crippen molar-refractivity contribution in [2.45, 2.75) is 44.0 Å². The molecule has 1 rings (SSSR count). The molecule has 0 atom stereocenters. The predicted molar refractivity (Wildman–Crippen MR) is 81.6 cm³/mol. The van der Waals surface area contributed by atoms with Crippen LogP contribution in [0.2, 0.25) is 0 Å². The van der Waals surface area contributed by atoms with Crippen LogP contribution in [0, 0.1) is 0 Å². The van der Waals surface area contributed by atoms with E-state index >= 15 is 0 Å². The number of rotatable bonds is 6. The minimum Gasteiger partial charge on any atom is -0.389 e. The van der Waals surface area contributed by atoms with Crippen molar-refractivity contribution in [3.63, 3.8) is 0 Å². The zero-order valence-electron chi connectivity index (χ0n) is 11.4. The molecule has 19 heavy (non-hydrogen) atoms. The third-order valence-corrected chi connectivity index (χ3v) is 4.65. The third kappa shape index (κ3) is 4.56. The second kappa shape index (κ2) is 5.98. The van der Waals surface area contributed by atoms with Crippen molar-refractivity contribution < 1.29 is 8.42 Å². The van der Waals surface area contributed by atoms with Crippen LogP contribution in [0.15, 0.2) is 29.2 Å². The van der Waals surface area contributed by atoms with Crippen LogP contribution in [-0.2, 0) is 10.0 Å². The topological polar surface area (TPSA) is 72.2 Å². The summed E-state index contributed by atoms with van der Waals surface area (Å²) >= 11 is 4.86. The maximum absolute atomic E-state index is 12.3. The molecule has 6 heteroatoms. The minimum absolute atomic E-state index is 0.182. The lowest BCUT2D eigenvalue weighted by Gasteiger charge is -2.25. The van der Waals surface area contributed by atoms with E-state index in [1.54, 1.807) is 12.1 Å². The number of benzene rings is 1. The van der Waals surface area contributed by atoms with Gasteiger partial charge in [-0.05, 0) is 32.4 Å². The highest BCUT2D eigenvalue weighted by atomic mass is 32.2. The van der Waals surface area contributed by atoms with Crippen molar-refractivity contribution in [2.24, 2.45) is 5.73 Å². The van der Waals surface area contributed by atoms with E-state index in [0.717, 1.165) is 12.8 Å². The molecule has 0 saturated carbocycles. The fourth-order valence-corrected chi connectivity index (χ4v) is 3.53. The standard InChI is InChI=1S/C13H20N2O2S2/c1-4-8-13(2,3)15-19(16,17)11-7-5-6-10(9-11)12(14)18/h5-7,9,15H,4,8H2,1-3H3,(H2,14,18). The molecule has 0 aliphatic heterocycles. The SMILES string of the molecule is CCCC(C)(C)NS(=O)(=O)c1cccc(C(N)=S)c1. The van der Waals surface area contributed by atoms with Gasteiger partial charge in [0.25, 0.3) is 0 Å². The molecule has 0 fully saturated rings. The van der Waals surface area contributed by atoms with E-state index in [2.05, 4.69) is 4.72 Å². The molecule has 0 aliphatic carbocycles. The molecule has 0 saturated heterocycles. The Morgan fingerprint density at radius 2 is 2.05 bits per heavy atom. The van der Waals surface area contributed by atoms with Gasteiger partial charge < -0.3 is 5.73 Å². The van der Waals surface area contributed by atoms with Crippen molar-refractivity contribution in [3.8, 4) is 0 Å². The molecule has 0 heterocycles. The maximum Gasteiger partial charge on any atom is 0.241 e. The molecule has 0 amide bonds. The van der Waals surface area contributed by atoms with Gasteiger partial charge in [0.05, 0.1) is 4.90 Å². The fraction of sp³-hybridized carbons (Fsp3) is 0.462. The first-order chi connectivity index (χ1) is 8.68. The molecule has 0 unspecified atom stereocenters. The Bertz CT molecular complexity index is 566. The minimum atomic E-state index is -3.56.